The molecule has 72 valence electrons. The van der Waals surface area contributed by atoms with Crippen LogP contribution in [-0.4, -0.2) is 16.1 Å². The molecule has 2 rings (SSSR count). The molecule has 2 aromatic rings. The number of fused-ring (bicyclic) bond motifs is 1. The summed E-state index contributed by atoms with van der Waals surface area (Å²) in [6, 6.07) is 4.33. The quantitative estimate of drug-likeness (QED) is 0.826. The van der Waals surface area contributed by atoms with E-state index in [0.717, 1.165) is 0 Å². The molecule has 0 aliphatic carbocycles. The topological polar surface area (TPSA) is 53.1 Å². The molecule has 0 saturated carbocycles. The second-order valence-corrected chi connectivity index (χ2v) is 3.76. The van der Waals surface area contributed by atoms with Crippen molar-refractivity contribution in [1.29, 1.82) is 0 Å². The van der Waals surface area contributed by atoms with Crippen LogP contribution in [0.25, 0.3) is 10.9 Å². The molecule has 0 bridgehead atoms. The molecule has 0 atom stereocenters. The van der Waals surface area contributed by atoms with E-state index in [0.29, 0.717) is 9.86 Å². The molecule has 1 aromatic heterocycles. The fourth-order valence-corrected chi connectivity index (χ4v) is 1.73. The van der Waals surface area contributed by atoms with E-state index >= 15 is 0 Å². The molecule has 2 N–H and O–H groups in total. The number of hydrogen-bond donors (Lipinski definition) is 2. The van der Waals surface area contributed by atoms with Crippen LogP contribution in [0, 0.1) is 5.82 Å². The van der Waals surface area contributed by atoms with Crippen molar-refractivity contribution in [2.45, 2.75) is 0 Å². The number of carboxylic acids is 1. The third-order valence-electron chi connectivity index (χ3n) is 1.88. The van der Waals surface area contributed by atoms with Crippen molar-refractivity contribution < 1.29 is 14.3 Å². The second kappa shape index (κ2) is 3.09. The van der Waals surface area contributed by atoms with Crippen LogP contribution in [0.1, 0.15) is 10.5 Å². The fraction of sp³-hybridized carbons (Fsp3) is 0. The standard InChI is InChI=1S/C9H5BrFNO2/c10-5-1-4-2-7(9(13)14)12-8(4)6(11)3-5/h1-3,12H,(H,13,14). The van der Waals surface area contributed by atoms with E-state index < -0.39 is 11.8 Å². The lowest BCUT2D eigenvalue weighted by Crippen LogP contribution is -1.95. The molecule has 0 saturated heterocycles. The van der Waals surface area contributed by atoms with Crippen molar-refractivity contribution in [3.63, 3.8) is 0 Å². The van der Waals surface area contributed by atoms with Gasteiger partial charge in [0.2, 0.25) is 0 Å². The minimum Gasteiger partial charge on any atom is -0.477 e. The Morgan fingerprint density at radius 1 is 1.43 bits per heavy atom. The molecule has 3 nitrogen and oxygen atoms in total. The summed E-state index contributed by atoms with van der Waals surface area (Å²) in [5.41, 5.74) is 0.197. The molecule has 0 fully saturated rings. The Kier molecular flexibility index (Phi) is 2.03. The van der Waals surface area contributed by atoms with Crippen LogP contribution in [0.4, 0.5) is 4.39 Å². The second-order valence-electron chi connectivity index (χ2n) is 2.84. The first-order chi connectivity index (χ1) is 6.58. The average molecular weight is 258 g/mol. The number of H-pyrrole nitrogens is 1. The van der Waals surface area contributed by atoms with E-state index in [4.69, 9.17) is 5.11 Å². The van der Waals surface area contributed by atoms with Gasteiger partial charge in [-0.2, -0.15) is 0 Å². The predicted octanol–water partition coefficient (Wildman–Crippen LogP) is 2.77. The number of aromatic nitrogens is 1. The number of aromatic carboxylic acids is 1. The summed E-state index contributed by atoms with van der Waals surface area (Å²) >= 11 is 3.13. The summed E-state index contributed by atoms with van der Waals surface area (Å²) in [6.45, 7) is 0. The first-order valence-electron chi connectivity index (χ1n) is 3.79. The third-order valence-corrected chi connectivity index (χ3v) is 2.33. The number of rotatable bonds is 1. The van der Waals surface area contributed by atoms with Crippen LogP contribution >= 0.6 is 15.9 Å². The van der Waals surface area contributed by atoms with Gasteiger partial charge in [-0.25, -0.2) is 9.18 Å². The molecule has 0 amide bonds. The Hall–Kier alpha value is -1.36. The van der Waals surface area contributed by atoms with Gasteiger partial charge >= 0.3 is 5.97 Å². The van der Waals surface area contributed by atoms with Gasteiger partial charge in [-0.15, -0.1) is 0 Å². The smallest absolute Gasteiger partial charge is 0.352 e. The van der Waals surface area contributed by atoms with Gasteiger partial charge in [-0.05, 0) is 18.2 Å². The Labute approximate surface area is 86.7 Å². The highest BCUT2D eigenvalue weighted by Gasteiger charge is 2.10. The van der Waals surface area contributed by atoms with E-state index in [1.54, 1.807) is 6.07 Å². The molecule has 0 aliphatic heterocycles. The lowest BCUT2D eigenvalue weighted by molar-refractivity contribution is 0.0691. The maximum atomic E-state index is 13.3. The number of carbonyl (C=O) groups is 1. The maximum Gasteiger partial charge on any atom is 0.352 e. The lowest BCUT2D eigenvalue weighted by Gasteiger charge is -1.93. The average Bonchev–Trinajstić information content (AvgIpc) is 2.47. The molecular weight excluding hydrogens is 253 g/mol. The predicted molar refractivity (Wildman–Crippen MR) is 52.9 cm³/mol. The Bertz CT molecular complexity index is 521. The summed E-state index contributed by atoms with van der Waals surface area (Å²) in [7, 11) is 0. The van der Waals surface area contributed by atoms with Crippen molar-refractivity contribution in [1.82, 2.24) is 4.98 Å². The number of nitrogens with one attached hydrogen (secondary N) is 1. The maximum absolute atomic E-state index is 13.3. The number of benzene rings is 1. The number of hydrogen-bond acceptors (Lipinski definition) is 1. The van der Waals surface area contributed by atoms with Crippen LogP contribution in [0.5, 0.6) is 0 Å². The van der Waals surface area contributed by atoms with E-state index in [1.807, 2.05) is 0 Å². The molecule has 1 heterocycles. The van der Waals surface area contributed by atoms with Crippen molar-refractivity contribution in [2.24, 2.45) is 0 Å². The molecular formula is C9H5BrFNO2. The third kappa shape index (κ3) is 1.39. The molecule has 0 radical (unpaired) electrons. The molecule has 0 aliphatic rings. The molecule has 14 heavy (non-hydrogen) atoms. The number of carboxylic acid groups (broad SMARTS) is 1. The van der Waals surface area contributed by atoms with Gasteiger partial charge in [0, 0.05) is 9.86 Å². The van der Waals surface area contributed by atoms with Crippen LogP contribution in [-0.2, 0) is 0 Å². The Balaban J connectivity index is 2.76. The van der Waals surface area contributed by atoms with Gasteiger partial charge in [-0.3, -0.25) is 0 Å². The molecule has 1 aromatic carbocycles. The Morgan fingerprint density at radius 3 is 2.79 bits per heavy atom. The van der Waals surface area contributed by atoms with Gasteiger partial charge in [0.15, 0.2) is 0 Å². The lowest BCUT2D eigenvalue weighted by atomic mass is 10.2. The van der Waals surface area contributed by atoms with Crippen molar-refractivity contribution in [2.75, 3.05) is 0 Å². The fourth-order valence-electron chi connectivity index (χ4n) is 1.28. The van der Waals surface area contributed by atoms with E-state index in [1.165, 1.54) is 12.1 Å². The minimum atomic E-state index is -1.10. The van der Waals surface area contributed by atoms with Gasteiger partial charge in [0.1, 0.15) is 11.5 Å². The van der Waals surface area contributed by atoms with E-state index in [2.05, 4.69) is 20.9 Å². The zero-order valence-electron chi connectivity index (χ0n) is 6.84. The van der Waals surface area contributed by atoms with Gasteiger partial charge in [0.25, 0.3) is 0 Å². The van der Waals surface area contributed by atoms with Crippen LogP contribution in [0.15, 0.2) is 22.7 Å². The van der Waals surface area contributed by atoms with E-state index in [9.17, 15) is 9.18 Å². The molecule has 5 heteroatoms. The monoisotopic (exact) mass is 257 g/mol. The zero-order valence-corrected chi connectivity index (χ0v) is 8.43. The highest BCUT2D eigenvalue weighted by molar-refractivity contribution is 9.10. The SMILES string of the molecule is O=C(O)c1cc2cc(Br)cc(F)c2[nH]1. The Morgan fingerprint density at radius 2 is 2.14 bits per heavy atom. The van der Waals surface area contributed by atoms with E-state index in [-0.39, 0.29) is 11.2 Å². The zero-order chi connectivity index (χ0) is 10.3. The number of halogens is 2. The van der Waals surface area contributed by atoms with Gasteiger partial charge in [0.05, 0.1) is 5.52 Å². The van der Waals surface area contributed by atoms with Crippen LogP contribution < -0.4 is 0 Å². The molecule has 0 unspecified atom stereocenters. The summed E-state index contributed by atoms with van der Waals surface area (Å²) in [6.07, 6.45) is 0. The first-order valence-corrected chi connectivity index (χ1v) is 4.58. The largest absolute Gasteiger partial charge is 0.477 e. The molecule has 0 spiro atoms. The van der Waals surface area contributed by atoms with Crippen molar-refractivity contribution in [3.05, 3.63) is 34.2 Å². The number of aromatic amines is 1. The highest BCUT2D eigenvalue weighted by atomic mass is 79.9. The van der Waals surface area contributed by atoms with Crippen LogP contribution in [0.2, 0.25) is 0 Å². The van der Waals surface area contributed by atoms with Crippen molar-refractivity contribution in [3.8, 4) is 0 Å². The summed E-state index contributed by atoms with van der Waals surface area (Å²) in [5.74, 6) is -1.57. The summed E-state index contributed by atoms with van der Waals surface area (Å²) < 4.78 is 13.9. The van der Waals surface area contributed by atoms with Gasteiger partial charge in [-0.1, -0.05) is 15.9 Å². The van der Waals surface area contributed by atoms with Gasteiger partial charge < -0.3 is 10.1 Å². The highest BCUT2D eigenvalue weighted by Crippen LogP contribution is 2.23. The summed E-state index contributed by atoms with van der Waals surface area (Å²) in [5, 5.41) is 9.22. The first kappa shape index (κ1) is 9.21. The normalized spacial score (nSPS) is 10.7. The summed E-state index contributed by atoms with van der Waals surface area (Å²) in [4.78, 5) is 13.1. The van der Waals surface area contributed by atoms with Crippen LogP contribution in [0.3, 0.4) is 0 Å². The minimum absolute atomic E-state index is 0.0167. The van der Waals surface area contributed by atoms with Crippen molar-refractivity contribution >= 4 is 32.8 Å².